The molecule has 0 fully saturated rings. The van der Waals surface area contributed by atoms with Gasteiger partial charge in [0.2, 0.25) is 0 Å². The molecular weight excluding hydrogens is 266 g/mol. The molecule has 0 unspecified atom stereocenters. The van der Waals surface area contributed by atoms with Crippen LogP contribution in [0.4, 0.5) is 0 Å². The van der Waals surface area contributed by atoms with E-state index in [9.17, 15) is 9.59 Å². The average Bonchev–Trinajstić information content (AvgIpc) is 2.48. The Hall–Kier alpha value is -2.62. The molecule has 2 rings (SSSR count). The molecule has 1 N–H and O–H groups in total. The lowest BCUT2D eigenvalue weighted by Gasteiger charge is -2.09. The second-order valence-corrected chi connectivity index (χ2v) is 4.79. The van der Waals surface area contributed by atoms with Crippen LogP contribution in [0.1, 0.15) is 21.5 Å². The first-order chi connectivity index (χ1) is 10.1. The molecule has 108 valence electrons. The maximum atomic E-state index is 11.8. The van der Waals surface area contributed by atoms with Crippen LogP contribution < -0.4 is 10.1 Å². The van der Waals surface area contributed by atoms with Crippen molar-refractivity contribution in [2.75, 3.05) is 6.54 Å². The fourth-order valence-corrected chi connectivity index (χ4v) is 1.92. The highest BCUT2D eigenvalue weighted by Gasteiger charge is 2.10. The number of benzene rings is 2. The van der Waals surface area contributed by atoms with Crippen molar-refractivity contribution in [3.05, 3.63) is 65.2 Å². The molecule has 2 aromatic carbocycles. The second-order valence-electron chi connectivity index (χ2n) is 4.79. The summed E-state index contributed by atoms with van der Waals surface area (Å²) >= 11 is 0. The zero-order chi connectivity index (χ0) is 15.2. The Bertz CT molecular complexity index is 650. The van der Waals surface area contributed by atoms with Crippen molar-refractivity contribution in [1.82, 2.24) is 5.32 Å². The summed E-state index contributed by atoms with van der Waals surface area (Å²) in [5.41, 5.74) is 2.50. The topological polar surface area (TPSA) is 55.4 Å². The largest absolute Gasteiger partial charge is 0.425 e. The summed E-state index contributed by atoms with van der Waals surface area (Å²) in [5.74, 6) is -0.279. The molecular formula is C17H17NO3. The van der Waals surface area contributed by atoms with Crippen molar-refractivity contribution in [3.63, 3.8) is 0 Å². The molecule has 1 amide bonds. The molecule has 0 spiro atoms. The van der Waals surface area contributed by atoms with E-state index in [0.717, 1.165) is 11.1 Å². The third-order valence-corrected chi connectivity index (χ3v) is 2.98. The Morgan fingerprint density at radius 1 is 1.05 bits per heavy atom. The van der Waals surface area contributed by atoms with Crippen molar-refractivity contribution >= 4 is 11.9 Å². The Morgan fingerprint density at radius 3 is 2.43 bits per heavy atom. The zero-order valence-corrected chi connectivity index (χ0v) is 12.1. The Balaban J connectivity index is 1.89. The van der Waals surface area contributed by atoms with E-state index >= 15 is 0 Å². The zero-order valence-electron chi connectivity index (χ0n) is 12.1. The highest BCUT2D eigenvalue weighted by Crippen LogP contribution is 2.18. The first-order valence-electron chi connectivity index (χ1n) is 6.67. The van der Waals surface area contributed by atoms with Gasteiger partial charge in [-0.3, -0.25) is 4.79 Å². The summed E-state index contributed by atoms with van der Waals surface area (Å²) in [4.78, 5) is 23.5. The number of carbonyl (C=O) groups is 2. The standard InChI is InChI=1S/C17H17NO3/c1-12-8-9-15(13(2)10-12)21-16(19)11-18-17(20)14-6-4-3-5-7-14/h3-10H,11H2,1-2H3,(H,18,20). The van der Waals surface area contributed by atoms with Gasteiger partial charge in [0.1, 0.15) is 12.3 Å². The molecule has 0 aliphatic carbocycles. The smallest absolute Gasteiger partial charge is 0.330 e. The molecule has 0 aliphatic heterocycles. The van der Waals surface area contributed by atoms with E-state index in [-0.39, 0.29) is 12.5 Å². The van der Waals surface area contributed by atoms with Crippen LogP contribution in [0.5, 0.6) is 5.75 Å². The summed E-state index contributed by atoms with van der Waals surface area (Å²) in [6.07, 6.45) is 0. The summed E-state index contributed by atoms with van der Waals surface area (Å²) in [6.45, 7) is 3.68. The number of rotatable bonds is 4. The van der Waals surface area contributed by atoms with Crippen LogP contribution >= 0.6 is 0 Å². The van der Waals surface area contributed by atoms with Crippen LogP contribution in [0.3, 0.4) is 0 Å². The molecule has 0 atom stereocenters. The number of carbonyl (C=O) groups excluding carboxylic acids is 2. The molecule has 0 radical (unpaired) electrons. The van der Waals surface area contributed by atoms with Gasteiger partial charge in [-0.2, -0.15) is 0 Å². The molecule has 4 heteroatoms. The number of amides is 1. The monoisotopic (exact) mass is 283 g/mol. The Morgan fingerprint density at radius 2 is 1.76 bits per heavy atom. The normalized spacial score (nSPS) is 10.0. The maximum absolute atomic E-state index is 11.8. The van der Waals surface area contributed by atoms with E-state index in [1.807, 2.05) is 32.0 Å². The lowest BCUT2D eigenvalue weighted by molar-refractivity contribution is -0.133. The minimum Gasteiger partial charge on any atom is -0.425 e. The van der Waals surface area contributed by atoms with Crippen molar-refractivity contribution in [3.8, 4) is 5.75 Å². The van der Waals surface area contributed by atoms with Gasteiger partial charge in [0.05, 0.1) is 0 Å². The number of esters is 1. The predicted octanol–water partition coefficient (Wildman–Crippen LogP) is 2.64. The van der Waals surface area contributed by atoms with Crippen molar-refractivity contribution in [2.45, 2.75) is 13.8 Å². The van der Waals surface area contributed by atoms with Crippen molar-refractivity contribution < 1.29 is 14.3 Å². The highest BCUT2D eigenvalue weighted by molar-refractivity contribution is 5.96. The molecule has 0 bridgehead atoms. The molecule has 0 heterocycles. The van der Waals surface area contributed by atoms with Crippen LogP contribution in [-0.4, -0.2) is 18.4 Å². The molecule has 0 saturated carbocycles. The Labute approximate surface area is 123 Å². The van der Waals surface area contributed by atoms with Gasteiger partial charge in [0.15, 0.2) is 0 Å². The van der Waals surface area contributed by atoms with Crippen molar-refractivity contribution in [2.24, 2.45) is 0 Å². The molecule has 4 nitrogen and oxygen atoms in total. The average molecular weight is 283 g/mol. The summed E-state index contributed by atoms with van der Waals surface area (Å²) in [7, 11) is 0. The predicted molar refractivity (Wildman–Crippen MR) is 80.3 cm³/mol. The van der Waals surface area contributed by atoms with Gasteiger partial charge in [-0.05, 0) is 37.6 Å². The van der Waals surface area contributed by atoms with E-state index in [1.165, 1.54) is 0 Å². The lowest BCUT2D eigenvalue weighted by atomic mass is 10.1. The van der Waals surface area contributed by atoms with Crippen LogP contribution in [0, 0.1) is 13.8 Å². The van der Waals surface area contributed by atoms with Crippen LogP contribution in [0.2, 0.25) is 0 Å². The van der Waals surface area contributed by atoms with Crippen LogP contribution in [0.25, 0.3) is 0 Å². The molecule has 0 aliphatic rings. The SMILES string of the molecule is Cc1ccc(OC(=O)CNC(=O)c2ccccc2)c(C)c1. The van der Waals surface area contributed by atoms with Gasteiger partial charge in [-0.1, -0.05) is 35.9 Å². The number of ether oxygens (including phenoxy) is 1. The molecule has 0 aromatic heterocycles. The van der Waals surface area contributed by atoms with Crippen LogP contribution in [-0.2, 0) is 4.79 Å². The van der Waals surface area contributed by atoms with Crippen molar-refractivity contribution in [1.29, 1.82) is 0 Å². The lowest BCUT2D eigenvalue weighted by Crippen LogP contribution is -2.31. The van der Waals surface area contributed by atoms with E-state index in [4.69, 9.17) is 4.74 Å². The second kappa shape index (κ2) is 6.70. The highest BCUT2D eigenvalue weighted by atomic mass is 16.5. The molecule has 0 saturated heterocycles. The van der Waals surface area contributed by atoms with E-state index in [2.05, 4.69) is 5.32 Å². The summed E-state index contributed by atoms with van der Waals surface area (Å²) in [6, 6.07) is 14.3. The fourth-order valence-electron chi connectivity index (χ4n) is 1.92. The summed E-state index contributed by atoms with van der Waals surface area (Å²) in [5, 5.41) is 2.54. The van der Waals surface area contributed by atoms with Gasteiger partial charge >= 0.3 is 5.97 Å². The minimum absolute atomic E-state index is 0.166. The first-order valence-corrected chi connectivity index (χ1v) is 6.67. The maximum Gasteiger partial charge on any atom is 0.330 e. The molecule has 2 aromatic rings. The summed E-state index contributed by atoms with van der Waals surface area (Å²) < 4.78 is 5.23. The number of hydrogen-bond donors (Lipinski definition) is 1. The van der Waals surface area contributed by atoms with E-state index in [0.29, 0.717) is 11.3 Å². The fraction of sp³-hybridized carbons (Fsp3) is 0.176. The van der Waals surface area contributed by atoms with Crippen LogP contribution in [0.15, 0.2) is 48.5 Å². The number of hydrogen-bond acceptors (Lipinski definition) is 3. The number of nitrogens with one attached hydrogen (secondary N) is 1. The van der Waals surface area contributed by atoms with Gasteiger partial charge in [0, 0.05) is 5.56 Å². The van der Waals surface area contributed by atoms with Gasteiger partial charge in [-0.15, -0.1) is 0 Å². The van der Waals surface area contributed by atoms with E-state index < -0.39 is 5.97 Å². The number of aryl methyl sites for hydroxylation is 2. The Kier molecular flexibility index (Phi) is 4.72. The van der Waals surface area contributed by atoms with E-state index in [1.54, 1.807) is 30.3 Å². The first kappa shape index (κ1) is 14.8. The van der Waals surface area contributed by atoms with Gasteiger partial charge < -0.3 is 10.1 Å². The molecule has 21 heavy (non-hydrogen) atoms. The third kappa shape index (κ3) is 4.18. The quantitative estimate of drug-likeness (QED) is 0.693. The van der Waals surface area contributed by atoms with Gasteiger partial charge in [0.25, 0.3) is 5.91 Å². The third-order valence-electron chi connectivity index (χ3n) is 2.98. The minimum atomic E-state index is -0.494. The van der Waals surface area contributed by atoms with Gasteiger partial charge in [-0.25, -0.2) is 4.79 Å².